The zero-order valence-corrected chi connectivity index (χ0v) is 13.0. The second-order valence-electron chi connectivity index (χ2n) is 6.08. The van der Waals surface area contributed by atoms with Crippen LogP contribution in [0.2, 0.25) is 0 Å². The van der Waals surface area contributed by atoms with Gasteiger partial charge in [0.2, 0.25) is 0 Å². The molecular formula is C17H27NO3. The first-order chi connectivity index (χ1) is 10.1. The number of ether oxygens (including phenoxy) is 2. The quantitative estimate of drug-likeness (QED) is 0.806. The van der Waals surface area contributed by atoms with E-state index in [1.807, 2.05) is 12.1 Å². The van der Waals surface area contributed by atoms with Crippen LogP contribution in [0.4, 0.5) is 0 Å². The van der Waals surface area contributed by atoms with Crippen LogP contribution in [0.1, 0.15) is 31.1 Å². The van der Waals surface area contributed by atoms with Gasteiger partial charge in [-0.2, -0.15) is 0 Å². The fourth-order valence-corrected chi connectivity index (χ4v) is 2.50. The molecule has 118 valence electrons. The summed E-state index contributed by atoms with van der Waals surface area (Å²) in [6, 6.07) is 8.25. The highest BCUT2D eigenvalue weighted by Gasteiger charge is 2.14. The molecule has 1 aromatic rings. The first-order valence-corrected chi connectivity index (χ1v) is 7.82. The molecule has 0 bridgehead atoms. The molecule has 1 fully saturated rings. The largest absolute Gasteiger partial charge is 0.387 e. The summed E-state index contributed by atoms with van der Waals surface area (Å²) >= 11 is 0. The topological polar surface area (TPSA) is 50.7 Å². The molecule has 4 nitrogen and oxygen atoms in total. The van der Waals surface area contributed by atoms with E-state index in [2.05, 4.69) is 31.3 Å². The van der Waals surface area contributed by atoms with Gasteiger partial charge >= 0.3 is 0 Å². The van der Waals surface area contributed by atoms with E-state index in [0.29, 0.717) is 38.8 Å². The molecule has 0 spiro atoms. The van der Waals surface area contributed by atoms with Gasteiger partial charge in [0.15, 0.2) is 0 Å². The van der Waals surface area contributed by atoms with E-state index in [1.54, 1.807) is 0 Å². The van der Waals surface area contributed by atoms with Crippen molar-refractivity contribution < 1.29 is 14.6 Å². The number of rotatable bonds is 7. The lowest BCUT2D eigenvalue weighted by molar-refractivity contribution is -0.0868. The van der Waals surface area contributed by atoms with Gasteiger partial charge in [-0.25, -0.2) is 0 Å². The molecule has 2 N–H and O–H groups in total. The molecule has 0 aromatic heterocycles. The van der Waals surface area contributed by atoms with Crippen molar-refractivity contribution in [1.29, 1.82) is 0 Å². The smallest absolute Gasteiger partial charge is 0.0933 e. The van der Waals surface area contributed by atoms with Crippen molar-refractivity contribution >= 4 is 0 Å². The predicted molar refractivity (Wildman–Crippen MR) is 83.4 cm³/mol. The fraction of sp³-hybridized carbons (Fsp3) is 0.647. The molecule has 1 saturated heterocycles. The van der Waals surface area contributed by atoms with Gasteiger partial charge in [-0.05, 0) is 23.5 Å². The van der Waals surface area contributed by atoms with Crippen molar-refractivity contribution in [3.63, 3.8) is 0 Å². The first kappa shape index (κ1) is 16.4. The van der Waals surface area contributed by atoms with Crippen molar-refractivity contribution in [3.05, 3.63) is 35.4 Å². The van der Waals surface area contributed by atoms with Gasteiger partial charge in [-0.1, -0.05) is 38.1 Å². The highest BCUT2D eigenvalue weighted by atomic mass is 16.6. The summed E-state index contributed by atoms with van der Waals surface area (Å²) in [6.45, 7) is 7.64. The summed E-state index contributed by atoms with van der Waals surface area (Å²) in [5, 5.41) is 13.4. The van der Waals surface area contributed by atoms with Gasteiger partial charge in [0, 0.05) is 13.1 Å². The second kappa shape index (κ2) is 8.49. The average molecular weight is 293 g/mol. The number of nitrogens with one attached hydrogen (secondary N) is 1. The minimum Gasteiger partial charge on any atom is -0.387 e. The van der Waals surface area contributed by atoms with Crippen LogP contribution in [0.15, 0.2) is 24.3 Å². The van der Waals surface area contributed by atoms with Crippen molar-refractivity contribution in [2.24, 2.45) is 5.92 Å². The Morgan fingerprint density at radius 2 is 2.00 bits per heavy atom. The second-order valence-corrected chi connectivity index (χ2v) is 6.08. The Labute approximate surface area is 127 Å². The molecule has 1 aromatic carbocycles. The molecule has 0 aliphatic carbocycles. The van der Waals surface area contributed by atoms with E-state index in [1.165, 1.54) is 5.56 Å². The van der Waals surface area contributed by atoms with E-state index in [4.69, 9.17) is 9.47 Å². The van der Waals surface area contributed by atoms with E-state index >= 15 is 0 Å². The van der Waals surface area contributed by atoms with Crippen LogP contribution in [-0.4, -0.2) is 44.1 Å². The third kappa shape index (κ3) is 5.75. The molecule has 1 aliphatic rings. The van der Waals surface area contributed by atoms with E-state index in [0.717, 1.165) is 12.0 Å². The van der Waals surface area contributed by atoms with Gasteiger partial charge in [0.05, 0.1) is 32.0 Å². The van der Waals surface area contributed by atoms with Crippen LogP contribution >= 0.6 is 0 Å². The maximum Gasteiger partial charge on any atom is 0.0933 e. The number of hydrogen-bond donors (Lipinski definition) is 2. The highest BCUT2D eigenvalue weighted by molar-refractivity contribution is 5.24. The lowest BCUT2D eigenvalue weighted by atomic mass is 10.0. The Balaban J connectivity index is 1.73. The minimum atomic E-state index is -0.484. The molecule has 2 unspecified atom stereocenters. The monoisotopic (exact) mass is 293 g/mol. The van der Waals surface area contributed by atoms with Gasteiger partial charge in [0.1, 0.15) is 0 Å². The zero-order chi connectivity index (χ0) is 15.1. The first-order valence-electron chi connectivity index (χ1n) is 7.82. The lowest BCUT2D eigenvalue weighted by Crippen LogP contribution is -2.38. The summed E-state index contributed by atoms with van der Waals surface area (Å²) in [5.74, 6) is 0.653. The van der Waals surface area contributed by atoms with Crippen molar-refractivity contribution in [3.8, 4) is 0 Å². The number of benzene rings is 1. The predicted octanol–water partition coefficient (Wildman–Crippen LogP) is 1.92. The average Bonchev–Trinajstić information content (AvgIpc) is 2.48. The lowest BCUT2D eigenvalue weighted by Gasteiger charge is -2.23. The molecule has 2 rings (SSSR count). The Kier molecular flexibility index (Phi) is 6.64. The standard InChI is InChI=1S/C17H27NO3/c1-13(2)9-14-3-5-15(6-4-14)17(19)11-18-10-16-12-20-7-8-21-16/h3-6,13,16-19H,7-12H2,1-2H3. The van der Waals surface area contributed by atoms with Crippen molar-refractivity contribution in [2.45, 2.75) is 32.5 Å². The summed E-state index contributed by atoms with van der Waals surface area (Å²) in [5.41, 5.74) is 2.28. The molecule has 4 heteroatoms. The molecule has 0 saturated carbocycles. The third-order valence-corrected chi connectivity index (χ3v) is 3.60. The van der Waals surface area contributed by atoms with Gasteiger partial charge in [-0.3, -0.25) is 0 Å². The fourth-order valence-electron chi connectivity index (χ4n) is 2.50. The van der Waals surface area contributed by atoms with Crippen LogP contribution in [0.3, 0.4) is 0 Å². The van der Waals surface area contributed by atoms with Crippen LogP contribution < -0.4 is 5.32 Å². The summed E-state index contributed by atoms with van der Waals surface area (Å²) in [6.07, 6.45) is 0.690. The zero-order valence-electron chi connectivity index (χ0n) is 13.0. The molecule has 1 aliphatic heterocycles. The molecule has 0 amide bonds. The van der Waals surface area contributed by atoms with Gasteiger partial charge < -0.3 is 19.9 Å². The van der Waals surface area contributed by atoms with Gasteiger partial charge in [0.25, 0.3) is 0 Å². The maximum absolute atomic E-state index is 10.2. The number of aliphatic hydroxyl groups excluding tert-OH is 1. The molecule has 21 heavy (non-hydrogen) atoms. The summed E-state index contributed by atoms with van der Waals surface area (Å²) in [7, 11) is 0. The molecule has 1 heterocycles. The molecule has 2 atom stereocenters. The van der Waals surface area contributed by atoms with E-state index in [-0.39, 0.29) is 6.10 Å². The highest BCUT2D eigenvalue weighted by Crippen LogP contribution is 2.15. The SMILES string of the molecule is CC(C)Cc1ccc(C(O)CNCC2COCCO2)cc1. The van der Waals surface area contributed by atoms with E-state index in [9.17, 15) is 5.11 Å². The van der Waals surface area contributed by atoms with Gasteiger partial charge in [-0.15, -0.1) is 0 Å². The maximum atomic E-state index is 10.2. The third-order valence-electron chi connectivity index (χ3n) is 3.60. The molecule has 0 radical (unpaired) electrons. The summed E-state index contributed by atoms with van der Waals surface area (Å²) < 4.78 is 10.9. The Morgan fingerprint density at radius 1 is 1.24 bits per heavy atom. The Bertz CT molecular complexity index is 399. The number of hydrogen-bond acceptors (Lipinski definition) is 4. The van der Waals surface area contributed by atoms with Crippen molar-refractivity contribution in [2.75, 3.05) is 32.9 Å². The van der Waals surface area contributed by atoms with Crippen molar-refractivity contribution in [1.82, 2.24) is 5.32 Å². The van der Waals surface area contributed by atoms with Crippen LogP contribution in [0, 0.1) is 5.92 Å². The normalized spacial score (nSPS) is 20.7. The Hall–Kier alpha value is -0.940. The minimum absolute atomic E-state index is 0.0966. The molecular weight excluding hydrogens is 266 g/mol. The van der Waals surface area contributed by atoms with Crippen LogP contribution in [0.25, 0.3) is 0 Å². The van der Waals surface area contributed by atoms with Crippen LogP contribution in [0.5, 0.6) is 0 Å². The Morgan fingerprint density at radius 3 is 2.62 bits per heavy atom. The summed E-state index contributed by atoms with van der Waals surface area (Å²) in [4.78, 5) is 0. The van der Waals surface area contributed by atoms with Crippen LogP contribution in [-0.2, 0) is 15.9 Å². The number of aliphatic hydroxyl groups is 1. The van der Waals surface area contributed by atoms with E-state index < -0.39 is 6.10 Å².